The summed E-state index contributed by atoms with van der Waals surface area (Å²) < 4.78 is 49.4. The summed E-state index contributed by atoms with van der Waals surface area (Å²) in [5.41, 5.74) is 1.78. The molecule has 0 radical (unpaired) electrons. The van der Waals surface area contributed by atoms with Gasteiger partial charge in [0.15, 0.2) is 24.1 Å². The molecule has 0 aromatic heterocycles. The second-order valence-electron chi connectivity index (χ2n) is 9.22. The number of carbonyl (C=O) groups is 4. The molecule has 0 saturated carbocycles. The van der Waals surface area contributed by atoms with Crippen molar-refractivity contribution >= 4 is 45.5 Å². The predicted octanol–water partition coefficient (Wildman–Crippen LogP) is 2.96. The van der Waals surface area contributed by atoms with E-state index < -0.39 is 58.1 Å². The Labute approximate surface area is 232 Å². The van der Waals surface area contributed by atoms with Gasteiger partial charge in [-0.15, -0.1) is 0 Å². The summed E-state index contributed by atoms with van der Waals surface area (Å²) in [6, 6.07) is 12.9. The number of ether oxygens (including phenoxy) is 4. The van der Waals surface area contributed by atoms with Crippen LogP contribution in [0.3, 0.4) is 0 Å². The summed E-state index contributed by atoms with van der Waals surface area (Å²) in [6.45, 7) is 5.16. The lowest BCUT2D eigenvalue weighted by Gasteiger charge is -2.40. The largest absolute Gasteiger partial charge is 0.456 e. The van der Waals surface area contributed by atoms with E-state index in [9.17, 15) is 27.6 Å². The molecule has 0 aliphatic carbocycles. The van der Waals surface area contributed by atoms with Gasteiger partial charge in [-0.1, -0.05) is 35.9 Å². The molecule has 0 amide bonds. The standard InChI is InChI=1S/C28H31NO10S/c1-17-8-12-24(13-9-17)40(34,35)29-22-7-5-6-21(14-22)10-11-23(33)15-25-27(38-19(3)31)28(39-20(4)32)26(16-36-25)37-18(2)30/h5-14,25-29H,15-16H2,1-4H3/b11-10+/t25-,26+,27-,28-/m0/s1. The van der Waals surface area contributed by atoms with Crippen molar-refractivity contribution in [2.75, 3.05) is 11.3 Å². The smallest absolute Gasteiger partial charge is 0.303 e. The number of carbonyl (C=O) groups excluding carboxylic acids is 4. The van der Waals surface area contributed by atoms with Crippen molar-refractivity contribution in [1.82, 2.24) is 0 Å². The minimum absolute atomic E-state index is 0.118. The Hall–Kier alpha value is -4.03. The first-order valence-electron chi connectivity index (χ1n) is 12.4. The van der Waals surface area contributed by atoms with Gasteiger partial charge in [0.25, 0.3) is 10.0 Å². The average molecular weight is 574 g/mol. The molecule has 0 bridgehead atoms. The summed E-state index contributed by atoms with van der Waals surface area (Å²) in [5.74, 6) is -2.44. The molecule has 1 N–H and O–H groups in total. The number of allylic oxidation sites excluding steroid dienone is 1. The van der Waals surface area contributed by atoms with Crippen molar-refractivity contribution in [2.45, 2.75) is 63.4 Å². The number of aryl methyl sites for hydroxylation is 1. The Bertz CT molecular complexity index is 1380. The normalized spacial score (nSPS) is 20.9. The van der Waals surface area contributed by atoms with Crippen molar-refractivity contribution in [1.29, 1.82) is 0 Å². The SMILES string of the molecule is CC(=O)O[C@@H]1[C@@H](OC(C)=O)[C@H](OC(C)=O)CO[C@H]1CC(=O)/C=C/c1cccc(NS(=O)(=O)c2ccc(C)cc2)c1. The molecule has 0 unspecified atom stereocenters. The summed E-state index contributed by atoms with van der Waals surface area (Å²) >= 11 is 0. The van der Waals surface area contributed by atoms with Crippen LogP contribution in [0.2, 0.25) is 0 Å². The summed E-state index contributed by atoms with van der Waals surface area (Å²) in [4.78, 5) is 47.9. The van der Waals surface area contributed by atoms with Gasteiger partial charge >= 0.3 is 17.9 Å². The minimum atomic E-state index is -3.81. The van der Waals surface area contributed by atoms with Gasteiger partial charge in [0.05, 0.1) is 11.5 Å². The predicted molar refractivity (Wildman–Crippen MR) is 143 cm³/mol. The number of hydrogen-bond acceptors (Lipinski definition) is 10. The maximum atomic E-state index is 12.8. The summed E-state index contributed by atoms with van der Waals surface area (Å²) in [7, 11) is -3.81. The Balaban J connectivity index is 1.72. The van der Waals surface area contributed by atoms with E-state index >= 15 is 0 Å². The molecule has 3 rings (SSSR count). The lowest BCUT2D eigenvalue weighted by molar-refractivity contribution is -0.225. The monoisotopic (exact) mass is 573 g/mol. The van der Waals surface area contributed by atoms with E-state index in [0.717, 1.165) is 19.4 Å². The van der Waals surface area contributed by atoms with Crippen LogP contribution in [0.15, 0.2) is 59.5 Å². The lowest BCUT2D eigenvalue weighted by Crippen LogP contribution is -2.57. The number of esters is 3. The van der Waals surface area contributed by atoms with Crippen LogP contribution in [0.25, 0.3) is 6.08 Å². The topological polar surface area (TPSA) is 151 Å². The Morgan fingerprint density at radius 3 is 2.17 bits per heavy atom. The highest BCUT2D eigenvalue weighted by Crippen LogP contribution is 2.27. The van der Waals surface area contributed by atoms with Crippen LogP contribution in [0.5, 0.6) is 0 Å². The number of ketones is 1. The molecular formula is C28H31NO10S. The van der Waals surface area contributed by atoms with Crippen molar-refractivity contribution in [3.8, 4) is 0 Å². The van der Waals surface area contributed by atoms with Gasteiger partial charge in [-0.25, -0.2) is 8.42 Å². The van der Waals surface area contributed by atoms with Crippen molar-refractivity contribution in [3.63, 3.8) is 0 Å². The first-order chi connectivity index (χ1) is 18.8. The zero-order valence-corrected chi connectivity index (χ0v) is 23.3. The van der Waals surface area contributed by atoms with Crippen LogP contribution in [-0.4, -0.2) is 63.1 Å². The molecule has 2 aromatic rings. The van der Waals surface area contributed by atoms with Gasteiger partial charge in [0, 0.05) is 32.9 Å². The van der Waals surface area contributed by atoms with Gasteiger partial charge in [-0.05, 0) is 42.8 Å². The van der Waals surface area contributed by atoms with Crippen LogP contribution in [0, 0.1) is 6.92 Å². The van der Waals surface area contributed by atoms with Gasteiger partial charge < -0.3 is 18.9 Å². The maximum absolute atomic E-state index is 12.8. The summed E-state index contributed by atoms with van der Waals surface area (Å²) in [5, 5.41) is 0. The quantitative estimate of drug-likeness (QED) is 0.255. The number of rotatable bonds is 10. The second kappa shape index (κ2) is 13.4. The number of anilines is 1. The van der Waals surface area contributed by atoms with Gasteiger partial charge in [-0.2, -0.15) is 0 Å². The van der Waals surface area contributed by atoms with Crippen LogP contribution >= 0.6 is 0 Å². The Morgan fingerprint density at radius 2 is 1.55 bits per heavy atom. The number of nitrogens with one attached hydrogen (secondary N) is 1. The molecule has 4 atom stereocenters. The molecule has 1 aliphatic rings. The maximum Gasteiger partial charge on any atom is 0.303 e. The fourth-order valence-electron chi connectivity index (χ4n) is 4.08. The highest BCUT2D eigenvalue weighted by molar-refractivity contribution is 7.92. The molecule has 2 aromatic carbocycles. The van der Waals surface area contributed by atoms with E-state index in [0.29, 0.717) is 11.3 Å². The van der Waals surface area contributed by atoms with E-state index in [4.69, 9.17) is 18.9 Å². The van der Waals surface area contributed by atoms with E-state index in [1.807, 2.05) is 6.92 Å². The number of benzene rings is 2. The van der Waals surface area contributed by atoms with Crippen molar-refractivity contribution in [2.24, 2.45) is 0 Å². The molecular weight excluding hydrogens is 542 g/mol. The third-order valence-electron chi connectivity index (χ3n) is 5.79. The summed E-state index contributed by atoms with van der Waals surface area (Å²) in [6.07, 6.45) is -1.83. The van der Waals surface area contributed by atoms with Crippen LogP contribution < -0.4 is 4.72 Å². The molecule has 1 saturated heterocycles. The lowest BCUT2D eigenvalue weighted by atomic mass is 9.95. The fourth-order valence-corrected chi connectivity index (χ4v) is 5.13. The molecule has 40 heavy (non-hydrogen) atoms. The minimum Gasteiger partial charge on any atom is -0.456 e. The molecule has 214 valence electrons. The third kappa shape index (κ3) is 8.75. The highest BCUT2D eigenvalue weighted by Gasteiger charge is 2.47. The van der Waals surface area contributed by atoms with E-state index in [-0.39, 0.29) is 17.9 Å². The fraction of sp³-hybridized carbons (Fsp3) is 0.357. The Morgan fingerprint density at radius 1 is 0.925 bits per heavy atom. The molecule has 1 heterocycles. The highest BCUT2D eigenvalue weighted by atomic mass is 32.2. The van der Waals surface area contributed by atoms with Crippen LogP contribution in [-0.2, 0) is 48.1 Å². The van der Waals surface area contributed by atoms with Gasteiger partial charge in [0.2, 0.25) is 0 Å². The van der Waals surface area contributed by atoms with Crippen molar-refractivity contribution in [3.05, 3.63) is 65.7 Å². The van der Waals surface area contributed by atoms with Gasteiger partial charge in [-0.3, -0.25) is 23.9 Å². The van der Waals surface area contributed by atoms with Crippen LogP contribution in [0.4, 0.5) is 5.69 Å². The zero-order chi connectivity index (χ0) is 29.4. The van der Waals surface area contributed by atoms with Crippen molar-refractivity contribution < 1.29 is 46.5 Å². The molecule has 1 aliphatic heterocycles. The number of sulfonamides is 1. The molecule has 0 spiro atoms. The second-order valence-corrected chi connectivity index (χ2v) is 10.9. The average Bonchev–Trinajstić information content (AvgIpc) is 2.85. The molecule has 11 nitrogen and oxygen atoms in total. The van der Waals surface area contributed by atoms with E-state index in [1.54, 1.807) is 36.4 Å². The molecule has 1 fully saturated rings. The Kier molecular flexibility index (Phi) is 10.2. The zero-order valence-electron chi connectivity index (χ0n) is 22.5. The first-order valence-corrected chi connectivity index (χ1v) is 13.9. The van der Waals surface area contributed by atoms with E-state index in [1.165, 1.54) is 31.2 Å². The van der Waals surface area contributed by atoms with E-state index in [2.05, 4.69) is 4.72 Å². The first kappa shape index (κ1) is 30.5. The molecule has 12 heteroatoms. The van der Waals surface area contributed by atoms with Crippen LogP contribution in [0.1, 0.15) is 38.3 Å². The van der Waals surface area contributed by atoms with Gasteiger partial charge in [0.1, 0.15) is 6.10 Å². The third-order valence-corrected chi connectivity index (χ3v) is 7.18. The number of hydrogen-bond donors (Lipinski definition) is 1.